The fourth-order valence-electron chi connectivity index (χ4n) is 1.04. The summed E-state index contributed by atoms with van der Waals surface area (Å²) in [5, 5.41) is 17.6. The number of carboxylic acid groups (broad SMARTS) is 1. The first-order valence-corrected chi connectivity index (χ1v) is 4.51. The zero-order valence-electron chi connectivity index (χ0n) is 6.99. The summed E-state index contributed by atoms with van der Waals surface area (Å²) in [7, 11) is 0. The average molecular weight is 228 g/mol. The van der Waals surface area contributed by atoms with Crippen molar-refractivity contribution < 1.29 is 9.90 Å². The Morgan fingerprint density at radius 1 is 1.64 bits per heavy atom. The Kier molecular flexibility index (Phi) is 3.39. The van der Waals surface area contributed by atoms with Crippen molar-refractivity contribution in [1.29, 1.82) is 5.26 Å². The van der Waals surface area contributed by atoms with Crippen LogP contribution in [-0.4, -0.2) is 11.1 Å². The molecular weight excluding hydrogens is 222 g/mol. The van der Waals surface area contributed by atoms with Gasteiger partial charge in [0, 0.05) is 4.90 Å². The van der Waals surface area contributed by atoms with Gasteiger partial charge < -0.3 is 5.11 Å². The quantitative estimate of drug-likeness (QED) is 0.761. The van der Waals surface area contributed by atoms with E-state index >= 15 is 0 Å². The summed E-state index contributed by atoms with van der Waals surface area (Å²) in [5.74, 6) is -0.996. The van der Waals surface area contributed by atoms with Crippen molar-refractivity contribution >= 4 is 30.2 Å². The Morgan fingerprint density at radius 2 is 2.29 bits per heavy atom. The van der Waals surface area contributed by atoms with Crippen molar-refractivity contribution in [3.8, 4) is 6.07 Å². The van der Waals surface area contributed by atoms with Gasteiger partial charge in [-0.2, -0.15) is 5.26 Å². The summed E-state index contributed by atoms with van der Waals surface area (Å²) in [6.07, 6.45) is -0.212. The molecule has 14 heavy (non-hydrogen) atoms. The summed E-state index contributed by atoms with van der Waals surface area (Å²) in [6, 6.07) is 4.98. The third kappa shape index (κ3) is 2.19. The number of carbonyl (C=O) groups is 1. The smallest absolute Gasteiger partial charge is 0.307 e. The molecule has 0 radical (unpaired) electrons. The molecule has 0 atom stereocenters. The Balaban J connectivity index is 3.26. The first-order valence-electron chi connectivity index (χ1n) is 3.68. The van der Waals surface area contributed by atoms with Crippen LogP contribution in [0.1, 0.15) is 11.1 Å². The highest BCUT2D eigenvalue weighted by Gasteiger charge is 2.11. The van der Waals surface area contributed by atoms with E-state index in [9.17, 15) is 4.79 Å². The molecule has 1 rings (SSSR count). The van der Waals surface area contributed by atoms with Crippen LogP contribution in [0.3, 0.4) is 0 Å². The Labute approximate surface area is 91.3 Å². The van der Waals surface area contributed by atoms with Crippen LogP contribution in [0.5, 0.6) is 0 Å². The van der Waals surface area contributed by atoms with E-state index in [0.717, 1.165) is 0 Å². The lowest BCUT2D eigenvalue weighted by atomic mass is 10.1. The van der Waals surface area contributed by atoms with Crippen molar-refractivity contribution in [2.75, 3.05) is 0 Å². The van der Waals surface area contributed by atoms with Gasteiger partial charge in [-0.25, -0.2) is 0 Å². The molecule has 1 aromatic rings. The average Bonchev–Trinajstić information content (AvgIpc) is 2.11. The molecular formula is C9H6ClNO2S. The maximum atomic E-state index is 10.5. The minimum absolute atomic E-state index is 0.182. The molecule has 0 saturated heterocycles. The van der Waals surface area contributed by atoms with Gasteiger partial charge >= 0.3 is 5.97 Å². The molecule has 0 spiro atoms. The fraction of sp³-hybridized carbons (Fsp3) is 0.111. The van der Waals surface area contributed by atoms with E-state index in [1.165, 1.54) is 0 Å². The highest BCUT2D eigenvalue weighted by atomic mass is 35.5. The van der Waals surface area contributed by atoms with Crippen molar-refractivity contribution in [3.05, 3.63) is 28.3 Å². The first kappa shape index (κ1) is 10.9. The molecule has 0 amide bonds. The van der Waals surface area contributed by atoms with Crippen LogP contribution in [0.15, 0.2) is 17.0 Å². The van der Waals surface area contributed by atoms with Gasteiger partial charge in [-0.05, 0) is 11.6 Å². The standard InChI is InChI=1S/C9H6ClNO2S/c10-9-6(4-11)5(3-8(12)13)1-2-7(9)14/h1-2,14H,3H2,(H,12,13). The fourth-order valence-corrected chi connectivity index (χ4v) is 1.45. The number of hydrogen-bond donors (Lipinski definition) is 2. The highest BCUT2D eigenvalue weighted by molar-refractivity contribution is 7.80. The molecule has 1 N–H and O–H groups in total. The zero-order chi connectivity index (χ0) is 10.7. The molecule has 0 bridgehead atoms. The second kappa shape index (κ2) is 4.36. The molecule has 0 aliphatic carbocycles. The molecule has 0 heterocycles. The lowest BCUT2D eigenvalue weighted by Gasteiger charge is -2.04. The van der Waals surface area contributed by atoms with Crippen LogP contribution in [-0.2, 0) is 11.2 Å². The van der Waals surface area contributed by atoms with Gasteiger partial charge in [0.25, 0.3) is 0 Å². The van der Waals surface area contributed by atoms with Gasteiger partial charge in [-0.15, -0.1) is 12.6 Å². The van der Waals surface area contributed by atoms with Crippen molar-refractivity contribution in [2.24, 2.45) is 0 Å². The molecule has 72 valence electrons. The number of nitrogens with zero attached hydrogens (tertiary/aromatic N) is 1. The van der Waals surface area contributed by atoms with Crippen LogP contribution in [0.4, 0.5) is 0 Å². The molecule has 0 fully saturated rings. The number of benzene rings is 1. The van der Waals surface area contributed by atoms with Gasteiger partial charge in [-0.3, -0.25) is 4.79 Å². The molecule has 5 heteroatoms. The number of halogens is 1. The van der Waals surface area contributed by atoms with Crippen molar-refractivity contribution in [1.82, 2.24) is 0 Å². The lowest BCUT2D eigenvalue weighted by molar-refractivity contribution is -0.136. The van der Waals surface area contributed by atoms with E-state index in [2.05, 4.69) is 12.6 Å². The molecule has 0 unspecified atom stereocenters. The van der Waals surface area contributed by atoms with Crippen LogP contribution >= 0.6 is 24.2 Å². The first-order chi connectivity index (χ1) is 6.56. The number of thiol groups is 1. The molecule has 0 aliphatic heterocycles. The predicted octanol–water partition coefficient (Wildman–Crippen LogP) is 2.13. The van der Waals surface area contributed by atoms with E-state index < -0.39 is 5.97 Å². The third-order valence-corrected chi connectivity index (χ3v) is 2.56. The highest BCUT2D eigenvalue weighted by Crippen LogP contribution is 2.26. The number of rotatable bonds is 2. The summed E-state index contributed by atoms with van der Waals surface area (Å²) in [4.78, 5) is 10.9. The summed E-state index contributed by atoms with van der Waals surface area (Å²) >= 11 is 9.82. The number of carboxylic acids is 1. The maximum Gasteiger partial charge on any atom is 0.307 e. The second-order valence-corrected chi connectivity index (χ2v) is 3.47. The van der Waals surface area contributed by atoms with E-state index in [1.807, 2.05) is 6.07 Å². The molecule has 1 aromatic carbocycles. The van der Waals surface area contributed by atoms with Crippen LogP contribution in [0, 0.1) is 11.3 Å². The molecule has 0 aromatic heterocycles. The van der Waals surface area contributed by atoms with E-state index in [0.29, 0.717) is 10.5 Å². The minimum atomic E-state index is -0.996. The molecule has 0 saturated carbocycles. The van der Waals surface area contributed by atoms with Gasteiger partial charge in [0.15, 0.2) is 0 Å². The topological polar surface area (TPSA) is 61.1 Å². The predicted molar refractivity (Wildman–Crippen MR) is 54.8 cm³/mol. The largest absolute Gasteiger partial charge is 0.481 e. The lowest BCUT2D eigenvalue weighted by Crippen LogP contribution is -2.02. The normalized spacial score (nSPS) is 9.50. The SMILES string of the molecule is N#Cc1c(CC(=O)O)ccc(S)c1Cl. The van der Waals surface area contributed by atoms with Crippen molar-refractivity contribution in [2.45, 2.75) is 11.3 Å². The Bertz CT molecular complexity index is 426. The summed E-state index contributed by atoms with van der Waals surface area (Å²) in [5.41, 5.74) is 0.587. The van der Waals surface area contributed by atoms with Crippen LogP contribution in [0.2, 0.25) is 5.02 Å². The number of aliphatic carboxylic acids is 1. The number of nitriles is 1. The Hall–Kier alpha value is -1.18. The Morgan fingerprint density at radius 3 is 2.79 bits per heavy atom. The summed E-state index contributed by atoms with van der Waals surface area (Å²) < 4.78 is 0. The monoisotopic (exact) mass is 227 g/mol. The van der Waals surface area contributed by atoms with E-state index in [1.54, 1.807) is 12.1 Å². The minimum Gasteiger partial charge on any atom is -0.481 e. The maximum absolute atomic E-state index is 10.5. The zero-order valence-corrected chi connectivity index (χ0v) is 8.64. The molecule has 3 nitrogen and oxygen atoms in total. The second-order valence-electron chi connectivity index (χ2n) is 2.62. The van der Waals surface area contributed by atoms with Crippen LogP contribution < -0.4 is 0 Å². The van der Waals surface area contributed by atoms with Crippen molar-refractivity contribution in [3.63, 3.8) is 0 Å². The molecule has 0 aliphatic rings. The van der Waals surface area contributed by atoms with E-state index in [4.69, 9.17) is 22.0 Å². The van der Waals surface area contributed by atoms with Gasteiger partial charge in [-0.1, -0.05) is 17.7 Å². The number of hydrogen-bond acceptors (Lipinski definition) is 3. The third-order valence-electron chi connectivity index (χ3n) is 1.66. The van der Waals surface area contributed by atoms with E-state index in [-0.39, 0.29) is 17.0 Å². The van der Waals surface area contributed by atoms with Gasteiger partial charge in [0.2, 0.25) is 0 Å². The van der Waals surface area contributed by atoms with Crippen LogP contribution in [0.25, 0.3) is 0 Å². The summed E-state index contributed by atoms with van der Waals surface area (Å²) in [6.45, 7) is 0. The van der Waals surface area contributed by atoms with Gasteiger partial charge in [0.1, 0.15) is 6.07 Å². The van der Waals surface area contributed by atoms with Gasteiger partial charge in [0.05, 0.1) is 17.0 Å².